The molecule has 0 saturated carbocycles. The molecule has 284 valence electrons. The number of aromatic hydroxyl groups is 2. The second-order valence-corrected chi connectivity index (χ2v) is 14.2. The second kappa shape index (κ2) is 16.9. The minimum atomic E-state index is -2.30. The van der Waals surface area contributed by atoms with E-state index in [9.17, 15) is 44.7 Å². The molecule has 0 spiro atoms. The minimum absolute atomic E-state index is 0.0487. The Hall–Kier alpha value is -3.88. The van der Waals surface area contributed by atoms with Gasteiger partial charge in [0.25, 0.3) is 0 Å². The molecule has 52 heavy (non-hydrogen) atoms. The van der Waals surface area contributed by atoms with Crippen molar-refractivity contribution in [3.8, 4) is 17.2 Å². The molecule has 0 radical (unpaired) electrons. The highest BCUT2D eigenvalue weighted by Crippen LogP contribution is 2.52. The number of ketones is 3. The molecule has 1 aliphatic heterocycles. The molecule has 0 aromatic heterocycles. The summed E-state index contributed by atoms with van der Waals surface area (Å²) in [5.41, 5.74) is -3.79. The number of aliphatic hydroxyl groups is 3. The summed E-state index contributed by atoms with van der Waals surface area (Å²) in [6.45, 7) is 2.74. The Kier molecular flexibility index (Phi) is 12.7. The lowest BCUT2D eigenvalue weighted by Gasteiger charge is -2.43. The Morgan fingerprint density at radius 3 is 2.27 bits per heavy atom. The van der Waals surface area contributed by atoms with E-state index in [4.69, 9.17) is 14.2 Å². The highest BCUT2D eigenvalue weighted by atomic mass is 16.7. The van der Waals surface area contributed by atoms with Gasteiger partial charge in [-0.3, -0.25) is 19.2 Å². The molecule has 1 fully saturated rings. The Balaban J connectivity index is 1.37. The third kappa shape index (κ3) is 7.89. The zero-order valence-corrected chi connectivity index (χ0v) is 30.1. The van der Waals surface area contributed by atoms with Crippen molar-refractivity contribution >= 4 is 23.3 Å². The van der Waals surface area contributed by atoms with Crippen LogP contribution in [-0.2, 0) is 25.5 Å². The average molecular weight is 726 g/mol. The maximum Gasteiger partial charge on any atom is 0.220 e. The summed E-state index contributed by atoms with van der Waals surface area (Å²) in [5, 5.41) is 58.3. The van der Waals surface area contributed by atoms with Crippen LogP contribution in [0.25, 0.3) is 0 Å². The van der Waals surface area contributed by atoms with Crippen LogP contribution < -0.4 is 10.1 Å². The predicted octanol–water partition coefficient (Wildman–Crippen LogP) is 4.08. The number of phenolic OH excluding ortho intramolecular Hbond substituents is 2. The number of benzene rings is 2. The van der Waals surface area contributed by atoms with Crippen molar-refractivity contribution in [1.29, 1.82) is 0 Å². The Labute approximate surface area is 303 Å². The van der Waals surface area contributed by atoms with E-state index in [1.165, 1.54) is 57.4 Å². The number of rotatable bonds is 16. The van der Waals surface area contributed by atoms with Gasteiger partial charge in [-0.15, -0.1) is 0 Å². The second-order valence-electron chi connectivity index (χ2n) is 14.2. The van der Waals surface area contributed by atoms with Gasteiger partial charge in [-0.25, -0.2) is 0 Å². The van der Waals surface area contributed by atoms with Crippen molar-refractivity contribution in [3.05, 3.63) is 51.6 Å². The van der Waals surface area contributed by atoms with E-state index < -0.39 is 95.7 Å². The summed E-state index contributed by atoms with van der Waals surface area (Å²) in [6.07, 6.45) is 4.58. The highest BCUT2D eigenvalue weighted by molar-refractivity contribution is 6.31. The maximum atomic E-state index is 13.9. The summed E-state index contributed by atoms with van der Waals surface area (Å²) < 4.78 is 17.5. The van der Waals surface area contributed by atoms with E-state index in [2.05, 4.69) is 12.2 Å². The summed E-state index contributed by atoms with van der Waals surface area (Å²) in [7, 11) is 1.32. The fourth-order valence-corrected chi connectivity index (χ4v) is 7.73. The summed E-state index contributed by atoms with van der Waals surface area (Å²) in [5.74, 6) is -4.11. The van der Waals surface area contributed by atoms with Gasteiger partial charge in [0.2, 0.25) is 11.7 Å². The zero-order chi connectivity index (χ0) is 37.7. The van der Waals surface area contributed by atoms with E-state index in [0.717, 1.165) is 19.3 Å². The highest BCUT2D eigenvalue weighted by Gasteiger charge is 2.50. The van der Waals surface area contributed by atoms with Crippen LogP contribution in [-0.4, -0.2) is 92.6 Å². The van der Waals surface area contributed by atoms with Crippen molar-refractivity contribution in [2.24, 2.45) is 0 Å². The number of aliphatic hydroxyl groups excluding tert-OH is 2. The molecule has 2 aliphatic carbocycles. The first-order valence-corrected chi connectivity index (χ1v) is 18.4. The van der Waals surface area contributed by atoms with Gasteiger partial charge in [0.1, 0.15) is 35.6 Å². The number of ether oxygens (including phenoxy) is 3. The number of nitrogens with one attached hydrogen (secondary N) is 1. The smallest absolute Gasteiger partial charge is 0.220 e. The molecule has 1 saturated heterocycles. The molecule has 6 atom stereocenters. The number of hydrogen-bond acceptors (Lipinski definition) is 12. The number of hydrogen-bond donors (Lipinski definition) is 6. The van der Waals surface area contributed by atoms with Crippen LogP contribution in [0.3, 0.4) is 0 Å². The Morgan fingerprint density at radius 1 is 0.962 bits per heavy atom. The molecule has 1 amide bonds. The first-order valence-electron chi connectivity index (χ1n) is 18.4. The summed E-state index contributed by atoms with van der Waals surface area (Å²) >= 11 is 0. The van der Waals surface area contributed by atoms with Crippen LogP contribution in [0.1, 0.15) is 140 Å². The number of amides is 1. The van der Waals surface area contributed by atoms with Crippen LogP contribution in [0.5, 0.6) is 17.2 Å². The molecule has 13 nitrogen and oxygen atoms in total. The van der Waals surface area contributed by atoms with Gasteiger partial charge in [-0.2, -0.15) is 0 Å². The predicted molar refractivity (Wildman–Crippen MR) is 188 cm³/mol. The van der Waals surface area contributed by atoms with Crippen LogP contribution in [0.2, 0.25) is 0 Å². The SMILES string of the molecule is CCCCCCCCCCCC(=O)N[C@@H]1C[C@@H](O[C@@H]2C[C@](O)(C(=O)CO)Cc3c(O)c4c(c(O)c32)C(=O)c2c(OC)cccc2C4=O)O[C@H](C)[C@@H]1O. The third-order valence-electron chi connectivity index (χ3n) is 10.6. The molecule has 13 heteroatoms. The molecule has 6 N–H and O–H groups in total. The van der Waals surface area contributed by atoms with Gasteiger partial charge in [0.15, 0.2) is 17.9 Å². The molecule has 2 aromatic rings. The van der Waals surface area contributed by atoms with E-state index in [1.807, 2.05) is 0 Å². The fraction of sp³-hybridized carbons (Fsp3) is 0.590. The summed E-state index contributed by atoms with van der Waals surface area (Å²) in [4.78, 5) is 53.4. The quantitative estimate of drug-likeness (QED) is 0.0912. The Bertz CT molecular complexity index is 1670. The van der Waals surface area contributed by atoms with Gasteiger partial charge in [0, 0.05) is 42.4 Å². The van der Waals surface area contributed by atoms with Crippen molar-refractivity contribution in [2.75, 3.05) is 13.7 Å². The van der Waals surface area contributed by atoms with Crippen LogP contribution in [0.15, 0.2) is 18.2 Å². The number of carbonyl (C=O) groups excluding carboxylic acids is 4. The van der Waals surface area contributed by atoms with Crippen molar-refractivity contribution < 1.29 is 58.9 Å². The third-order valence-corrected chi connectivity index (χ3v) is 10.6. The minimum Gasteiger partial charge on any atom is -0.507 e. The number of methoxy groups -OCH3 is 1. The van der Waals surface area contributed by atoms with Crippen LogP contribution >= 0.6 is 0 Å². The molecular formula is C39H51NO12. The lowest BCUT2D eigenvalue weighted by molar-refractivity contribution is -0.249. The van der Waals surface area contributed by atoms with Gasteiger partial charge in [-0.05, 0) is 19.4 Å². The van der Waals surface area contributed by atoms with E-state index in [1.54, 1.807) is 6.92 Å². The summed E-state index contributed by atoms with van der Waals surface area (Å²) in [6, 6.07) is 3.59. The molecule has 3 aliphatic rings. The molecule has 0 unspecified atom stereocenters. The van der Waals surface area contributed by atoms with Crippen LogP contribution in [0.4, 0.5) is 0 Å². The maximum absolute atomic E-state index is 13.9. The van der Waals surface area contributed by atoms with Crippen molar-refractivity contribution in [3.63, 3.8) is 0 Å². The lowest BCUT2D eigenvalue weighted by atomic mass is 9.72. The molecule has 1 heterocycles. The molecule has 2 aromatic carbocycles. The average Bonchev–Trinajstić information content (AvgIpc) is 3.12. The lowest BCUT2D eigenvalue weighted by Crippen LogP contribution is -2.55. The molecule has 5 rings (SSSR count). The van der Waals surface area contributed by atoms with Gasteiger partial charge < -0.3 is 45.1 Å². The van der Waals surface area contributed by atoms with E-state index in [0.29, 0.717) is 6.42 Å². The number of fused-ring (bicyclic) bond motifs is 3. The number of Topliss-reactive ketones (excluding diaryl/α,β-unsaturated/α-hetero) is 1. The Morgan fingerprint density at radius 2 is 1.62 bits per heavy atom. The number of unbranched alkanes of at least 4 members (excludes halogenated alkanes) is 8. The topological polar surface area (TPSA) is 209 Å². The van der Waals surface area contributed by atoms with Crippen LogP contribution in [0, 0.1) is 0 Å². The normalized spacial score (nSPS) is 25.2. The molecule has 0 bridgehead atoms. The van der Waals surface area contributed by atoms with E-state index in [-0.39, 0.29) is 46.8 Å². The zero-order valence-electron chi connectivity index (χ0n) is 30.1. The van der Waals surface area contributed by atoms with Crippen molar-refractivity contribution in [2.45, 2.75) is 134 Å². The first-order chi connectivity index (χ1) is 24.9. The molecular weight excluding hydrogens is 674 g/mol. The first kappa shape index (κ1) is 39.3. The van der Waals surface area contributed by atoms with E-state index >= 15 is 0 Å². The fourth-order valence-electron chi connectivity index (χ4n) is 7.73. The standard InChI is InChI=1S/C39H51NO12/c1-4-5-6-7-8-9-10-11-12-16-28(43)40-24-17-29(51-21(2)34(24)44)52-26-19-39(49,27(42)20-41)18-23-31(26)38(48)33-32(36(23)46)35(45)22-14-13-15-25(50-3)30(22)37(33)47/h13-15,21,24,26,29,34,41,44,46,48-49H,4-12,16-20H2,1-3H3,(H,40,43)/t21-,24-,26-,29-,34+,39+/m1/s1. The largest absolute Gasteiger partial charge is 0.507 e. The monoisotopic (exact) mass is 725 g/mol. The number of phenols is 2. The van der Waals surface area contributed by atoms with Gasteiger partial charge in [0.05, 0.1) is 42.0 Å². The van der Waals surface area contributed by atoms with Gasteiger partial charge in [-0.1, -0.05) is 70.4 Å². The number of carbonyl (C=O) groups is 4. The van der Waals surface area contributed by atoms with Gasteiger partial charge >= 0.3 is 0 Å². The van der Waals surface area contributed by atoms with Crippen molar-refractivity contribution in [1.82, 2.24) is 5.32 Å².